The number of piperidine rings is 1. The highest BCUT2D eigenvalue weighted by atomic mass is 16.4. The number of aliphatic carboxylic acids is 1. The van der Waals surface area contributed by atoms with Crippen LogP contribution in [-0.2, 0) is 9.59 Å². The van der Waals surface area contributed by atoms with Crippen LogP contribution in [0.2, 0.25) is 0 Å². The topological polar surface area (TPSA) is 113 Å². The van der Waals surface area contributed by atoms with E-state index >= 15 is 0 Å². The van der Waals surface area contributed by atoms with Crippen molar-refractivity contribution in [1.29, 1.82) is 0 Å². The van der Waals surface area contributed by atoms with Gasteiger partial charge in [-0.2, -0.15) is 0 Å². The molecule has 0 bridgehead atoms. The fraction of sp³-hybridized carbons (Fsp3) is 0.769. The predicted octanol–water partition coefficient (Wildman–Crippen LogP) is 0.537. The van der Waals surface area contributed by atoms with Gasteiger partial charge in [0.1, 0.15) is 6.04 Å². The van der Waals surface area contributed by atoms with Gasteiger partial charge >= 0.3 is 12.0 Å². The van der Waals surface area contributed by atoms with Crippen LogP contribution in [0.15, 0.2) is 0 Å². The Labute approximate surface area is 118 Å². The highest BCUT2D eigenvalue weighted by molar-refractivity contribution is 5.83. The molecule has 0 saturated carbocycles. The number of likely N-dealkylation sites (tertiary alicyclic amines) is 1. The molecule has 114 valence electrons. The van der Waals surface area contributed by atoms with E-state index in [1.54, 1.807) is 4.90 Å². The van der Waals surface area contributed by atoms with Gasteiger partial charge in [-0.1, -0.05) is 19.8 Å². The minimum Gasteiger partial charge on any atom is -0.480 e. The number of urea groups is 1. The summed E-state index contributed by atoms with van der Waals surface area (Å²) in [6, 6.07) is -1.23. The number of nitrogens with one attached hydrogen (secondary N) is 1. The average molecular weight is 285 g/mol. The molecular formula is C13H23N3O4. The molecule has 1 heterocycles. The van der Waals surface area contributed by atoms with E-state index in [2.05, 4.69) is 5.32 Å². The molecule has 1 atom stereocenters. The molecule has 0 aromatic rings. The first-order valence-corrected chi connectivity index (χ1v) is 7.03. The maximum Gasteiger partial charge on any atom is 0.326 e. The van der Waals surface area contributed by atoms with Crippen LogP contribution in [0.25, 0.3) is 0 Å². The van der Waals surface area contributed by atoms with Gasteiger partial charge in [-0.25, -0.2) is 9.59 Å². The fourth-order valence-electron chi connectivity index (χ4n) is 2.27. The number of primary amides is 1. The summed E-state index contributed by atoms with van der Waals surface area (Å²) >= 11 is 0. The van der Waals surface area contributed by atoms with Crippen molar-refractivity contribution in [2.24, 2.45) is 11.7 Å². The Kier molecular flexibility index (Phi) is 6.27. The molecule has 1 rings (SSSR count). The number of amides is 3. The van der Waals surface area contributed by atoms with Gasteiger partial charge in [0.25, 0.3) is 0 Å². The lowest BCUT2D eigenvalue weighted by Crippen LogP contribution is -2.51. The number of carbonyl (C=O) groups is 3. The lowest BCUT2D eigenvalue weighted by molar-refractivity contribution is -0.139. The fourth-order valence-corrected chi connectivity index (χ4v) is 2.27. The molecule has 0 radical (unpaired) electrons. The smallest absolute Gasteiger partial charge is 0.326 e. The van der Waals surface area contributed by atoms with Crippen molar-refractivity contribution in [2.75, 3.05) is 13.1 Å². The third kappa shape index (κ3) is 4.71. The summed E-state index contributed by atoms with van der Waals surface area (Å²) in [5.41, 5.74) is 5.23. The second-order valence-corrected chi connectivity index (χ2v) is 5.15. The predicted molar refractivity (Wildman–Crippen MR) is 73.0 cm³/mol. The summed E-state index contributed by atoms with van der Waals surface area (Å²) in [7, 11) is 0. The van der Waals surface area contributed by atoms with Crippen molar-refractivity contribution in [3.05, 3.63) is 0 Å². The molecule has 1 unspecified atom stereocenters. The van der Waals surface area contributed by atoms with Gasteiger partial charge in [0, 0.05) is 19.0 Å². The number of rotatable bonds is 6. The quantitative estimate of drug-likeness (QED) is 0.661. The van der Waals surface area contributed by atoms with Crippen LogP contribution in [0, 0.1) is 5.92 Å². The number of hydrogen-bond acceptors (Lipinski definition) is 3. The third-order valence-electron chi connectivity index (χ3n) is 3.63. The second-order valence-electron chi connectivity index (χ2n) is 5.15. The molecule has 4 N–H and O–H groups in total. The zero-order valence-electron chi connectivity index (χ0n) is 11.8. The molecule has 1 saturated heterocycles. The maximum atomic E-state index is 12.0. The first-order valence-electron chi connectivity index (χ1n) is 7.03. The summed E-state index contributed by atoms with van der Waals surface area (Å²) in [4.78, 5) is 35.6. The summed E-state index contributed by atoms with van der Waals surface area (Å²) in [5, 5.41) is 11.6. The Balaban J connectivity index is 2.45. The highest BCUT2D eigenvalue weighted by Gasteiger charge is 2.28. The Morgan fingerprint density at radius 1 is 1.35 bits per heavy atom. The van der Waals surface area contributed by atoms with Gasteiger partial charge in [-0.05, 0) is 19.3 Å². The Hall–Kier alpha value is -1.79. The summed E-state index contributed by atoms with van der Waals surface area (Å²) in [5.74, 6) is -1.54. The maximum absolute atomic E-state index is 12.0. The zero-order valence-corrected chi connectivity index (χ0v) is 11.8. The molecule has 7 heteroatoms. The Morgan fingerprint density at radius 2 is 1.95 bits per heavy atom. The molecule has 1 aliphatic rings. The molecular weight excluding hydrogens is 262 g/mol. The van der Waals surface area contributed by atoms with E-state index in [1.165, 1.54) is 0 Å². The van der Waals surface area contributed by atoms with E-state index in [-0.39, 0.29) is 17.9 Å². The van der Waals surface area contributed by atoms with Gasteiger partial charge in [-0.15, -0.1) is 0 Å². The first kappa shape index (κ1) is 16.3. The molecule has 3 amide bonds. The molecule has 7 nitrogen and oxygen atoms in total. The van der Waals surface area contributed by atoms with Crippen LogP contribution >= 0.6 is 0 Å². The highest BCUT2D eigenvalue weighted by Crippen LogP contribution is 2.16. The summed E-state index contributed by atoms with van der Waals surface area (Å²) in [6.45, 7) is 2.83. The van der Waals surface area contributed by atoms with Crippen LogP contribution in [0.4, 0.5) is 4.79 Å². The molecule has 1 aliphatic heterocycles. The lowest BCUT2D eigenvalue weighted by Gasteiger charge is -2.31. The lowest BCUT2D eigenvalue weighted by atomic mass is 9.96. The molecule has 0 spiro atoms. The number of hydrogen-bond donors (Lipinski definition) is 3. The number of carboxylic acid groups (broad SMARTS) is 1. The first-order chi connectivity index (χ1) is 9.45. The van der Waals surface area contributed by atoms with E-state index in [0.717, 1.165) is 12.8 Å². The minimum absolute atomic E-state index is 0.186. The summed E-state index contributed by atoms with van der Waals surface area (Å²) in [6.07, 6.45) is 3.13. The van der Waals surface area contributed by atoms with Crippen LogP contribution in [0.3, 0.4) is 0 Å². The average Bonchev–Trinajstić information content (AvgIpc) is 2.42. The molecule has 20 heavy (non-hydrogen) atoms. The van der Waals surface area contributed by atoms with E-state index in [1.807, 2.05) is 6.92 Å². The number of nitrogens with zero attached hydrogens (tertiary/aromatic N) is 1. The molecule has 1 fully saturated rings. The van der Waals surface area contributed by atoms with E-state index in [9.17, 15) is 14.4 Å². The van der Waals surface area contributed by atoms with Gasteiger partial charge in [-0.3, -0.25) is 4.79 Å². The van der Waals surface area contributed by atoms with Crippen LogP contribution in [0.5, 0.6) is 0 Å². The van der Waals surface area contributed by atoms with E-state index < -0.39 is 12.0 Å². The van der Waals surface area contributed by atoms with E-state index in [0.29, 0.717) is 32.4 Å². The van der Waals surface area contributed by atoms with Crippen LogP contribution in [-0.4, -0.2) is 47.0 Å². The minimum atomic E-state index is -1.01. The Morgan fingerprint density at radius 3 is 2.40 bits per heavy atom. The van der Waals surface area contributed by atoms with Crippen molar-refractivity contribution >= 4 is 17.9 Å². The monoisotopic (exact) mass is 285 g/mol. The van der Waals surface area contributed by atoms with Gasteiger partial charge < -0.3 is 21.1 Å². The van der Waals surface area contributed by atoms with Crippen molar-refractivity contribution in [3.63, 3.8) is 0 Å². The van der Waals surface area contributed by atoms with Crippen molar-refractivity contribution in [3.8, 4) is 0 Å². The standard InChI is InChI=1S/C13H23N3O4/c1-2-3-4-10(12(18)19)15-13(20)16-7-5-9(6-8-16)11(14)17/h9-10H,2-8H2,1H3,(H2,14,17)(H,15,20)(H,18,19). The SMILES string of the molecule is CCCCC(NC(=O)N1CCC(C(N)=O)CC1)C(=O)O. The summed E-state index contributed by atoms with van der Waals surface area (Å²) < 4.78 is 0. The van der Waals surface area contributed by atoms with Crippen molar-refractivity contribution < 1.29 is 19.5 Å². The van der Waals surface area contributed by atoms with Gasteiger partial charge in [0.2, 0.25) is 5.91 Å². The third-order valence-corrected chi connectivity index (χ3v) is 3.63. The van der Waals surface area contributed by atoms with Crippen LogP contribution < -0.4 is 11.1 Å². The second kappa shape index (κ2) is 7.72. The normalized spacial score (nSPS) is 17.6. The van der Waals surface area contributed by atoms with E-state index in [4.69, 9.17) is 10.8 Å². The molecule has 0 aliphatic carbocycles. The Bertz CT molecular complexity index is 365. The zero-order chi connectivity index (χ0) is 15.1. The number of carbonyl (C=O) groups excluding carboxylic acids is 2. The van der Waals surface area contributed by atoms with Crippen molar-refractivity contribution in [2.45, 2.75) is 45.1 Å². The van der Waals surface area contributed by atoms with Crippen molar-refractivity contribution in [1.82, 2.24) is 10.2 Å². The van der Waals surface area contributed by atoms with Gasteiger partial charge in [0.05, 0.1) is 0 Å². The van der Waals surface area contributed by atoms with Crippen LogP contribution in [0.1, 0.15) is 39.0 Å². The largest absolute Gasteiger partial charge is 0.480 e. The number of nitrogens with two attached hydrogens (primary N) is 1. The molecule has 0 aromatic heterocycles. The number of carboxylic acids is 1. The molecule has 0 aromatic carbocycles. The number of unbranched alkanes of at least 4 members (excludes halogenated alkanes) is 1. The van der Waals surface area contributed by atoms with Gasteiger partial charge in [0.15, 0.2) is 0 Å².